The van der Waals surface area contributed by atoms with E-state index in [-0.39, 0.29) is 38.8 Å². The van der Waals surface area contributed by atoms with Gasteiger partial charge in [0.1, 0.15) is 18.9 Å². The van der Waals surface area contributed by atoms with Crippen LogP contribution in [0.15, 0.2) is 41.3 Å². The van der Waals surface area contributed by atoms with Crippen LogP contribution in [0.3, 0.4) is 0 Å². The molecule has 0 spiro atoms. The highest BCUT2D eigenvalue weighted by molar-refractivity contribution is 7.92. The lowest BCUT2D eigenvalue weighted by Crippen LogP contribution is -2.41. The van der Waals surface area contributed by atoms with Crippen molar-refractivity contribution >= 4 is 66.4 Å². The van der Waals surface area contributed by atoms with Crippen LogP contribution in [-0.4, -0.2) is 79.3 Å². The molecule has 1 aliphatic heterocycles. The number of sulfonamides is 2. The largest absolute Gasteiger partial charge is 0.492 e. The second-order valence-electron chi connectivity index (χ2n) is 7.67. The number of hydrogen-bond donors (Lipinski definition) is 1. The summed E-state index contributed by atoms with van der Waals surface area (Å²) in [5, 5.41) is 2.81. The van der Waals surface area contributed by atoms with Gasteiger partial charge in [-0.25, -0.2) is 16.8 Å². The molecule has 0 bridgehead atoms. The summed E-state index contributed by atoms with van der Waals surface area (Å²) in [7, 11) is -7.48. The fourth-order valence-electron chi connectivity index (χ4n) is 3.27. The minimum absolute atomic E-state index is 0.0186. The Morgan fingerprint density at radius 1 is 1.03 bits per heavy atom. The Hall–Kier alpha value is -1.80. The van der Waals surface area contributed by atoms with E-state index >= 15 is 0 Å². The maximum Gasteiger partial charge on any atom is 0.243 e. The van der Waals surface area contributed by atoms with E-state index in [0.717, 1.165) is 10.6 Å². The van der Waals surface area contributed by atoms with Gasteiger partial charge in [-0.05, 0) is 36.4 Å². The zero-order valence-corrected chi connectivity index (χ0v) is 23.0. The lowest BCUT2D eigenvalue weighted by atomic mass is 10.3. The van der Waals surface area contributed by atoms with E-state index in [4.69, 9.17) is 44.3 Å². The first-order valence-electron chi connectivity index (χ1n) is 10.6. The van der Waals surface area contributed by atoms with Gasteiger partial charge < -0.3 is 14.8 Å². The molecule has 0 unspecified atom stereocenters. The molecule has 0 radical (unpaired) electrons. The highest BCUT2D eigenvalue weighted by atomic mass is 35.5. The maximum atomic E-state index is 12.7. The minimum atomic E-state index is -3.87. The van der Waals surface area contributed by atoms with Crippen molar-refractivity contribution in [1.82, 2.24) is 9.62 Å². The van der Waals surface area contributed by atoms with Gasteiger partial charge in [0.25, 0.3) is 0 Å². The van der Waals surface area contributed by atoms with Crippen LogP contribution in [-0.2, 0) is 29.6 Å². The van der Waals surface area contributed by atoms with E-state index in [1.54, 1.807) is 0 Å². The molecule has 1 amide bonds. The second-order valence-corrected chi connectivity index (χ2v) is 12.7. The molecule has 1 N–H and O–H groups in total. The summed E-state index contributed by atoms with van der Waals surface area (Å²) >= 11 is 18.0. The topological polar surface area (TPSA) is 122 Å². The molecule has 1 heterocycles. The highest BCUT2D eigenvalue weighted by Gasteiger charge is 2.26. The molecule has 36 heavy (non-hydrogen) atoms. The summed E-state index contributed by atoms with van der Waals surface area (Å²) in [5.41, 5.74) is 0.0205. The number of carbonyl (C=O) groups excluding carboxylic acids is 1. The number of hydrogen-bond acceptors (Lipinski definition) is 7. The van der Waals surface area contributed by atoms with E-state index in [0.29, 0.717) is 32.1 Å². The number of ether oxygens (including phenoxy) is 2. The third-order valence-corrected chi connectivity index (χ3v) is 9.13. The summed E-state index contributed by atoms with van der Waals surface area (Å²) in [5.74, 6) is -0.191. The van der Waals surface area contributed by atoms with Crippen molar-refractivity contribution in [2.75, 3.05) is 56.6 Å². The zero-order chi connectivity index (χ0) is 26.5. The molecule has 3 rings (SSSR count). The number of carbonyl (C=O) groups is 1. The molecule has 10 nitrogen and oxygen atoms in total. The van der Waals surface area contributed by atoms with E-state index < -0.39 is 32.5 Å². The van der Waals surface area contributed by atoms with Crippen LogP contribution in [0, 0.1) is 0 Å². The molecule has 2 aromatic rings. The van der Waals surface area contributed by atoms with Crippen molar-refractivity contribution in [3.8, 4) is 5.75 Å². The number of amides is 1. The first-order chi connectivity index (χ1) is 16.9. The van der Waals surface area contributed by atoms with Crippen molar-refractivity contribution in [2.24, 2.45) is 0 Å². The van der Waals surface area contributed by atoms with E-state index in [1.807, 2.05) is 0 Å². The Morgan fingerprint density at radius 3 is 2.25 bits per heavy atom. The summed E-state index contributed by atoms with van der Waals surface area (Å²) in [6.45, 7) is 0.906. The fourth-order valence-corrected chi connectivity index (χ4v) is 6.24. The van der Waals surface area contributed by atoms with E-state index in [2.05, 4.69) is 5.32 Å². The van der Waals surface area contributed by atoms with Crippen molar-refractivity contribution in [3.05, 3.63) is 51.5 Å². The Morgan fingerprint density at radius 2 is 1.64 bits per heavy atom. The van der Waals surface area contributed by atoms with Gasteiger partial charge in [-0.15, -0.1) is 0 Å². The Bertz CT molecular complexity index is 1300. The summed E-state index contributed by atoms with van der Waals surface area (Å²) in [4.78, 5) is 12.5. The number of nitrogens with zero attached hydrogens (tertiary/aromatic N) is 2. The lowest BCUT2D eigenvalue weighted by molar-refractivity contribution is -0.119. The molecule has 0 aromatic heterocycles. The molecule has 0 atom stereocenters. The molecule has 1 saturated heterocycles. The summed E-state index contributed by atoms with van der Waals surface area (Å²) in [6.07, 6.45) is 0.936. The number of halogens is 3. The van der Waals surface area contributed by atoms with Crippen molar-refractivity contribution in [3.63, 3.8) is 0 Å². The molecular weight excluding hydrogens is 577 g/mol. The van der Waals surface area contributed by atoms with Gasteiger partial charge >= 0.3 is 0 Å². The zero-order valence-electron chi connectivity index (χ0n) is 19.1. The predicted octanol–water partition coefficient (Wildman–Crippen LogP) is 2.63. The van der Waals surface area contributed by atoms with Crippen LogP contribution in [0.4, 0.5) is 5.69 Å². The standard InChI is InChI=1S/C21H24Cl3N3O7S2/c1-35(29,30)27(20-13-18(23)17(22)12-19(20)24)14-21(28)25-6-9-34-15-2-4-16(5-3-15)36(31,32)26-7-10-33-11-8-26/h2-5,12-13H,6-11,14H2,1H3,(H,25,28). The van der Waals surface area contributed by atoms with Crippen molar-refractivity contribution < 1.29 is 31.1 Å². The van der Waals surface area contributed by atoms with Gasteiger partial charge in [0.15, 0.2) is 0 Å². The van der Waals surface area contributed by atoms with Crippen LogP contribution >= 0.6 is 34.8 Å². The Labute approximate surface area is 225 Å². The SMILES string of the molecule is CS(=O)(=O)N(CC(=O)NCCOc1ccc(S(=O)(=O)N2CCOCC2)cc1)c1cc(Cl)c(Cl)cc1Cl. The van der Waals surface area contributed by atoms with Crippen LogP contribution in [0.1, 0.15) is 0 Å². The van der Waals surface area contributed by atoms with Crippen LogP contribution in [0.5, 0.6) is 5.75 Å². The van der Waals surface area contributed by atoms with Gasteiger partial charge in [-0.2, -0.15) is 4.31 Å². The molecule has 1 aliphatic rings. The highest BCUT2D eigenvalue weighted by Crippen LogP contribution is 2.35. The van der Waals surface area contributed by atoms with Crippen molar-refractivity contribution in [1.29, 1.82) is 0 Å². The monoisotopic (exact) mass is 599 g/mol. The predicted molar refractivity (Wildman–Crippen MR) is 138 cm³/mol. The van der Waals surface area contributed by atoms with E-state index in [9.17, 15) is 21.6 Å². The Kier molecular flexibility index (Phi) is 9.72. The van der Waals surface area contributed by atoms with Crippen molar-refractivity contribution in [2.45, 2.75) is 4.90 Å². The average Bonchev–Trinajstić information content (AvgIpc) is 2.83. The number of benzene rings is 2. The number of rotatable bonds is 10. The van der Waals surface area contributed by atoms with Gasteiger partial charge in [-0.3, -0.25) is 9.10 Å². The molecular formula is C21H24Cl3N3O7S2. The number of nitrogens with one attached hydrogen (secondary N) is 1. The van der Waals surface area contributed by atoms with Gasteiger partial charge in [0.05, 0.1) is 51.7 Å². The molecule has 1 fully saturated rings. The lowest BCUT2D eigenvalue weighted by Gasteiger charge is -2.26. The quantitative estimate of drug-likeness (QED) is 0.329. The third-order valence-electron chi connectivity index (χ3n) is 5.07. The van der Waals surface area contributed by atoms with E-state index in [1.165, 1.54) is 40.7 Å². The maximum absolute atomic E-state index is 12.7. The van der Waals surface area contributed by atoms with Gasteiger partial charge in [0, 0.05) is 13.1 Å². The second kappa shape index (κ2) is 12.2. The minimum Gasteiger partial charge on any atom is -0.492 e. The Balaban J connectivity index is 1.53. The average molecular weight is 601 g/mol. The fraction of sp³-hybridized carbons (Fsp3) is 0.381. The van der Waals surface area contributed by atoms with Crippen LogP contribution < -0.4 is 14.4 Å². The van der Waals surface area contributed by atoms with Gasteiger partial charge in [-0.1, -0.05) is 34.8 Å². The molecule has 15 heteroatoms. The molecule has 0 aliphatic carbocycles. The van der Waals surface area contributed by atoms with Crippen LogP contribution in [0.2, 0.25) is 15.1 Å². The first-order valence-corrected chi connectivity index (χ1v) is 15.0. The van der Waals surface area contributed by atoms with Crippen LogP contribution in [0.25, 0.3) is 0 Å². The molecule has 0 saturated carbocycles. The third kappa shape index (κ3) is 7.37. The number of anilines is 1. The first kappa shape index (κ1) is 28.8. The molecule has 2 aromatic carbocycles. The number of morpholine rings is 1. The smallest absolute Gasteiger partial charge is 0.243 e. The summed E-state index contributed by atoms with van der Waals surface area (Å²) in [6, 6.07) is 8.50. The molecule has 198 valence electrons. The summed E-state index contributed by atoms with van der Waals surface area (Å²) < 4.78 is 62.8. The normalized spacial score (nSPS) is 14.9. The van der Waals surface area contributed by atoms with Gasteiger partial charge in [0.2, 0.25) is 26.0 Å².